The molecule has 1 aromatic carbocycles. The second kappa shape index (κ2) is 6.57. The zero-order valence-corrected chi connectivity index (χ0v) is 12.5. The molecule has 0 fully saturated rings. The van der Waals surface area contributed by atoms with Gasteiger partial charge in [0.1, 0.15) is 5.82 Å². The zero-order valence-electron chi connectivity index (χ0n) is 12.5. The van der Waals surface area contributed by atoms with Crippen molar-refractivity contribution in [1.82, 2.24) is 9.97 Å². The molecular formula is C17H22N4. The normalized spacial score (nSPS) is 13.9. The van der Waals surface area contributed by atoms with Crippen LogP contribution < -0.4 is 10.2 Å². The molecule has 0 atom stereocenters. The van der Waals surface area contributed by atoms with Crippen LogP contribution in [0.25, 0.3) is 0 Å². The number of anilines is 2. The first-order valence-electron chi connectivity index (χ1n) is 7.75. The van der Waals surface area contributed by atoms with E-state index in [1.807, 2.05) is 12.3 Å². The molecule has 2 aromatic rings. The van der Waals surface area contributed by atoms with Crippen molar-refractivity contribution in [3.05, 3.63) is 47.7 Å². The van der Waals surface area contributed by atoms with Crippen LogP contribution in [0.15, 0.2) is 36.5 Å². The summed E-state index contributed by atoms with van der Waals surface area (Å²) in [5.41, 5.74) is 2.87. The van der Waals surface area contributed by atoms with Gasteiger partial charge in [0.25, 0.3) is 0 Å². The van der Waals surface area contributed by atoms with Crippen molar-refractivity contribution in [3.63, 3.8) is 0 Å². The number of hydrogen-bond donors (Lipinski definition) is 1. The molecular weight excluding hydrogens is 260 g/mol. The van der Waals surface area contributed by atoms with E-state index in [0.29, 0.717) is 0 Å². The molecule has 0 amide bonds. The summed E-state index contributed by atoms with van der Waals surface area (Å²) in [7, 11) is 0. The minimum absolute atomic E-state index is 0.736. The number of fused-ring (bicyclic) bond motifs is 1. The summed E-state index contributed by atoms with van der Waals surface area (Å²) in [5.74, 6) is 1.75. The molecule has 0 saturated carbocycles. The molecule has 0 bridgehead atoms. The van der Waals surface area contributed by atoms with Gasteiger partial charge in [-0.15, -0.1) is 0 Å². The second-order valence-corrected chi connectivity index (χ2v) is 5.46. The summed E-state index contributed by atoms with van der Waals surface area (Å²) in [4.78, 5) is 11.3. The molecule has 0 radical (unpaired) electrons. The van der Waals surface area contributed by atoms with E-state index in [1.54, 1.807) is 0 Å². The van der Waals surface area contributed by atoms with Crippen LogP contribution in [0, 0.1) is 0 Å². The average molecular weight is 282 g/mol. The maximum Gasteiger partial charge on any atom is 0.224 e. The topological polar surface area (TPSA) is 41.1 Å². The van der Waals surface area contributed by atoms with Crippen molar-refractivity contribution >= 4 is 11.8 Å². The van der Waals surface area contributed by atoms with E-state index in [4.69, 9.17) is 0 Å². The molecule has 4 nitrogen and oxygen atoms in total. The molecule has 0 spiro atoms. The number of hydrogen-bond acceptors (Lipinski definition) is 4. The molecule has 0 saturated heterocycles. The van der Waals surface area contributed by atoms with E-state index in [-0.39, 0.29) is 0 Å². The van der Waals surface area contributed by atoms with E-state index in [2.05, 4.69) is 51.4 Å². The lowest BCUT2D eigenvalue weighted by atomic mass is 10.00. The Balaban J connectivity index is 1.71. The number of unbranched alkanes of at least 4 members (excludes halogenated alkanes) is 1. The van der Waals surface area contributed by atoms with Gasteiger partial charge in [-0.3, -0.25) is 0 Å². The lowest BCUT2D eigenvalue weighted by Gasteiger charge is -2.29. The van der Waals surface area contributed by atoms with Gasteiger partial charge in [0, 0.05) is 25.8 Å². The highest BCUT2D eigenvalue weighted by Gasteiger charge is 2.17. The van der Waals surface area contributed by atoms with Crippen LogP contribution in [-0.2, 0) is 13.0 Å². The first-order chi connectivity index (χ1) is 10.4. The summed E-state index contributed by atoms with van der Waals surface area (Å²) >= 11 is 0. The highest BCUT2D eigenvalue weighted by molar-refractivity contribution is 5.46. The van der Waals surface area contributed by atoms with Crippen LogP contribution in [0.4, 0.5) is 11.8 Å². The number of benzene rings is 1. The van der Waals surface area contributed by atoms with Gasteiger partial charge < -0.3 is 10.2 Å². The van der Waals surface area contributed by atoms with Gasteiger partial charge >= 0.3 is 0 Å². The standard InChI is InChI=1S/C17H22N4/c1-2-3-10-18-17-19-11-8-16(20-17)21-12-9-14-6-4-5-7-15(14)13-21/h4-8,11H,2-3,9-10,12-13H2,1H3,(H,18,19,20). The molecule has 1 N–H and O–H groups in total. The van der Waals surface area contributed by atoms with Crippen LogP contribution >= 0.6 is 0 Å². The van der Waals surface area contributed by atoms with Crippen molar-refractivity contribution in [2.45, 2.75) is 32.7 Å². The van der Waals surface area contributed by atoms with Gasteiger partial charge in [0.15, 0.2) is 0 Å². The molecule has 110 valence electrons. The Bertz CT molecular complexity index is 597. The Morgan fingerprint density at radius 3 is 2.90 bits per heavy atom. The van der Waals surface area contributed by atoms with E-state index < -0.39 is 0 Å². The van der Waals surface area contributed by atoms with Crippen molar-refractivity contribution in [2.24, 2.45) is 0 Å². The lowest BCUT2D eigenvalue weighted by Crippen LogP contribution is -2.31. The number of nitrogens with zero attached hydrogens (tertiary/aromatic N) is 3. The summed E-state index contributed by atoms with van der Waals surface area (Å²) in [6.07, 6.45) is 5.25. The molecule has 21 heavy (non-hydrogen) atoms. The Hall–Kier alpha value is -2.10. The fourth-order valence-electron chi connectivity index (χ4n) is 2.68. The Morgan fingerprint density at radius 1 is 1.19 bits per heavy atom. The van der Waals surface area contributed by atoms with Crippen LogP contribution in [0.5, 0.6) is 0 Å². The number of rotatable bonds is 5. The van der Waals surface area contributed by atoms with Gasteiger partial charge in [0.2, 0.25) is 5.95 Å². The summed E-state index contributed by atoms with van der Waals surface area (Å²) in [6, 6.07) is 10.7. The van der Waals surface area contributed by atoms with Crippen LogP contribution in [0.3, 0.4) is 0 Å². The van der Waals surface area contributed by atoms with Gasteiger partial charge in [-0.2, -0.15) is 4.98 Å². The Morgan fingerprint density at radius 2 is 2.05 bits per heavy atom. The molecule has 1 aromatic heterocycles. The molecule has 0 aliphatic carbocycles. The van der Waals surface area contributed by atoms with Gasteiger partial charge in [-0.25, -0.2) is 4.98 Å². The van der Waals surface area contributed by atoms with E-state index in [9.17, 15) is 0 Å². The minimum atomic E-state index is 0.736. The second-order valence-electron chi connectivity index (χ2n) is 5.46. The lowest BCUT2D eigenvalue weighted by molar-refractivity contribution is 0.719. The third kappa shape index (κ3) is 3.32. The Kier molecular flexibility index (Phi) is 4.34. The monoisotopic (exact) mass is 282 g/mol. The summed E-state index contributed by atoms with van der Waals surface area (Å²) in [5, 5.41) is 3.30. The van der Waals surface area contributed by atoms with Gasteiger partial charge in [-0.1, -0.05) is 37.6 Å². The predicted molar refractivity (Wildman–Crippen MR) is 86.6 cm³/mol. The SMILES string of the molecule is CCCCNc1nccc(N2CCc3ccccc3C2)n1. The van der Waals surface area contributed by atoms with E-state index >= 15 is 0 Å². The molecule has 0 unspecified atom stereocenters. The number of nitrogens with one attached hydrogen (secondary N) is 1. The molecule has 2 heterocycles. The van der Waals surface area contributed by atoms with Crippen LogP contribution in [-0.4, -0.2) is 23.1 Å². The fourth-order valence-corrected chi connectivity index (χ4v) is 2.68. The summed E-state index contributed by atoms with van der Waals surface area (Å²) < 4.78 is 0. The predicted octanol–water partition coefficient (Wildman–Crippen LogP) is 3.25. The summed E-state index contributed by atoms with van der Waals surface area (Å²) in [6.45, 7) is 5.07. The van der Waals surface area contributed by atoms with Crippen LogP contribution in [0.2, 0.25) is 0 Å². The number of aromatic nitrogens is 2. The van der Waals surface area contributed by atoms with Crippen molar-refractivity contribution < 1.29 is 0 Å². The van der Waals surface area contributed by atoms with Crippen molar-refractivity contribution in [2.75, 3.05) is 23.3 Å². The maximum atomic E-state index is 4.64. The maximum absolute atomic E-state index is 4.64. The van der Waals surface area contributed by atoms with E-state index in [1.165, 1.54) is 17.5 Å². The average Bonchev–Trinajstić information content (AvgIpc) is 2.55. The molecule has 1 aliphatic rings. The molecule has 3 rings (SSSR count). The quantitative estimate of drug-likeness (QED) is 0.855. The fraction of sp³-hybridized carbons (Fsp3) is 0.412. The first kappa shape index (κ1) is 13.9. The first-order valence-corrected chi connectivity index (χ1v) is 7.75. The smallest absolute Gasteiger partial charge is 0.224 e. The van der Waals surface area contributed by atoms with Crippen molar-refractivity contribution in [1.29, 1.82) is 0 Å². The third-order valence-electron chi connectivity index (χ3n) is 3.91. The van der Waals surface area contributed by atoms with Gasteiger partial charge in [0.05, 0.1) is 0 Å². The van der Waals surface area contributed by atoms with E-state index in [0.717, 1.165) is 44.2 Å². The van der Waals surface area contributed by atoms with Gasteiger partial charge in [-0.05, 0) is 30.0 Å². The molecule has 1 aliphatic heterocycles. The minimum Gasteiger partial charge on any atom is -0.354 e. The highest BCUT2D eigenvalue weighted by atomic mass is 15.2. The largest absolute Gasteiger partial charge is 0.354 e. The van der Waals surface area contributed by atoms with Crippen molar-refractivity contribution in [3.8, 4) is 0 Å². The third-order valence-corrected chi connectivity index (χ3v) is 3.91. The Labute approximate surface area is 126 Å². The van der Waals surface area contributed by atoms with Crippen LogP contribution in [0.1, 0.15) is 30.9 Å². The highest BCUT2D eigenvalue weighted by Crippen LogP contribution is 2.23. The molecule has 4 heteroatoms. The zero-order chi connectivity index (χ0) is 14.5.